The lowest BCUT2D eigenvalue weighted by atomic mass is 9.98. The smallest absolute Gasteiger partial charge is 0.369 e. The normalized spacial score (nSPS) is 21.2. The van der Waals surface area contributed by atoms with Crippen molar-refractivity contribution in [3.05, 3.63) is 24.0 Å². The number of hydrogen-bond donors (Lipinski definition) is 5. The molecule has 1 amide bonds. The summed E-state index contributed by atoms with van der Waals surface area (Å²) < 4.78 is 52.0. The van der Waals surface area contributed by atoms with Gasteiger partial charge in [-0.05, 0) is 18.6 Å². The highest BCUT2D eigenvalue weighted by Gasteiger charge is 2.35. The number of rotatable bonds is 8. The van der Waals surface area contributed by atoms with Gasteiger partial charge in [-0.3, -0.25) is 15.2 Å². The molecule has 0 bridgehead atoms. The monoisotopic (exact) mass is 429 g/mol. The number of piperidine rings is 1. The molecule has 3 unspecified atom stereocenters. The molecular weight excluding hydrogens is 406 g/mol. The van der Waals surface area contributed by atoms with E-state index in [0.717, 1.165) is 6.21 Å². The number of nitrogens with zero attached hydrogens (tertiary/aromatic N) is 2. The maximum atomic E-state index is 14.8. The van der Waals surface area contributed by atoms with E-state index in [2.05, 4.69) is 9.98 Å². The number of halogens is 4. The number of carbonyl (C=O) groups is 1. The molecule has 2 heterocycles. The van der Waals surface area contributed by atoms with Crippen molar-refractivity contribution in [3.8, 4) is 0 Å². The van der Waals surface area contributed by atoms with Gasteiger partial charge in [0.05, 0.1) is 29.8 Å². The first-order valence-electron chi connectivity index (χ1n) is 9.17. The average Bonchev–Trinajstić information content (AvgIpc) is 3.20. The van der Waals surface area contributed by atoms with Crippen molar-refractivity contribution in [1.29, 1.82) is 16.2 Å². The molecule has 0 aliphatic carbocycles. The van der Waals surface area contributed by atoms with Crippen molar-refractivity contribution in [1.82, 2.24) is 9.88 Å². The number of amidine groups is 1. The lowest BCUT2D eigenvalue weighted by molar-refractivity contribution is -0.118. The van der Waals surface area contributed by atoms with E-state index >= 15 is 0 Å². The van der Waals surface area contributed by atoms with Crippen LogP contribution in [0.4, 0.5) is 17.6 Å². The Bertz CT molecular complexity index is 819. The number of aromatic nitrogens is 1. The van der Waals surface area contributed by atoms with Gasteiger partial charge in [0, 0.05) is 31.8 Å². The lowest BCUT2D eigenvalue weighted by Crippen LogP contribution is -2.47. The van der Waals surface area contributed by atoms with Crippen molar-refractivity contribution in [3.63, 3.8) is 0 Å². The quantitative estimate of drug-likeness (QED) is 0.245. The molecule has 1 saturated heterocycles. The van der Waals surface area contributed by atoms with Gasteiger partial charge in [-0.25, -0.2) is 4.39 Å². The van der Waals surface area contributed by atoms with Gasteiger partial charge >= 0.3 is 6.18 Å². The molecule has 0 aromatic carbocycles. The summed E-state index contributed by atoms with van der Waals surface area (Å²) in [6, 6.07) is 2.41. The molecule has 0 saturated carbocycles. The highest BCUT2D eigenvalue weighted by molar-refractivity contribution is 6.20. The summed E-state index contributed by atoms with van der Waals surface area (Å²) in [5, 5.41) is 22.3. The first-order chi connectivity index (χ1) is 14.0. The van der Waals surface area contributed by atoms with E-state index in [9.17, 15) is 22.4 Å². The summed E-state index contributed by atoms with van der Waals surface area (Å²) in [7, 11) is 0. The molecule has 2 rings (SSSR count). The minimum absolute atomic E-state index is 0.136. The van der Waals surface area contributed by atoms with Crippen LogP contribution in [0, 0.1) is 22.1 Å². The van der Waals surface area contributed by atoms with E-state index in [1.807, 2.05) is 0 Å². The molecule has 0 spiro atoms. The number of aliphatic imine (C=N–C) groups is 1. The van der Waals surface area contributed by atoms with E-state index in [1.165, 1.54) is 4.90 Å². The first-order valence-corrected chi connectivity index (χ1v) is 9.17. The largest absolute Gasteiger partial charge is 0.428 e. The topological polar surface area (TPSA) is 146 Å². The van der Waals surface area contributed by atoms with Crippen LogP contribution in [0.3, 0.4) is 0 Å². The number of alkyl halides is 4. The molecule has 8 nitrogen and oxygen atoms in total. The van der Waals surface area contributed by atoms with Crippen LogP contribution < -0.4 is 5.73 Å². The van der Waals surface area contributed by atoms with Crippen LogP contribution in [0.5, 0.6) is 0 Å². The summed E-state index contributed by atoms with van der Waals surface area (Å²) in [5.41, 5.74) is 4.47. The Labute approximate surface area is 170 Å². The number of amides is 1. The number of primary amides is 1. The van der Waals surface area contributed by atoms with Gasteiger partial charge in [-0.15, -0.1) is 0 Å². The van der Waals surface area contributed by atoms with Gasteiger partial charge in [-0.1, -0.05) is 0 Å². The number of aromatic amines is 1. The number of nitrogens with two attached hydrogens (primary N) is 1. The van der Waals surface area contributed by atoms with Gasteiger partial charge in [0.2, 0.25) is 5.91 Å². The van der Waals surface area contributed by atoms with Gasteiger partial charge in [-0.2, -0.15) is 13.2 Å². The van der Waals surface area contributed by atoms with Crippen molar-refractivity contribution < 1.29 is 22.4 Å². The lowest BCUT2D eigenvalue weighted by Gasteiger charge is -2.35. The van der Waals surface area contributed by atoms with E-state index in [-0.39, 0.29) is 37.5 Å². The van der Waals surface area contributed by atoms with Crippen LogP contribution in [0.2, 0.25) is 0 Å². The van der Waals surface area contributed by atoms with Crippen LogP contribution in [0.25, 0.3) is 0 Å². The van der Waals surface area contributed by atoms with E-state index in [0.29, 0.717) is 5.69 Å². The third-order valence-corrected chi connectivity index (χ3v) is 4.79. The van der Waals surface area contributed by atoms with Crippen molar-refractivity contribution in [2.45, 2.75) is 37.7 Å². The van der Waals surface area contributed by atoms with Gasteiger partial charge < -0.3 is 26.4 Å². The molecule has 3 atom stereocenters. The minimum Gasteiger partial charge on any atom is -0.369 e. The predicted octanol–water partition coefficient (Wildman–Crippen LogP) is 2.31. The maximum Gasteiger partial charge on any atom is 0.428 e. The Balaban J connectivity index is 2.08. The van der Waals surface area contributed by atoms with Crippen molar-refractivity contribution in [2.75, 3.05) is 13.1 Å². The summed E-state index contributed by atoms with van der Waals surface area (Å²) >= 11 is 0. The maximum absolute atomic E-state index is 14.8. The number of carbonyl (C=O) groups excluding carboxylic acids is 1. The first kappa shape index (κ1) is 23.2. The van der Waals surface area contributed by atoms with Crippen LogP contribution in [-0.4, -0.2) is 70.7 Å². The Kier molecular flexibility index (Phi) is 7.46. The second kappa shape index (κ2) is 9.63. The van der Waals surface area contributed by atoms with Crippen LogP contribution in [-0.2, 0) is 4.79 Å². The summed E-state index contributed by atoms with van der Waals surface area (Å²) in [4.78, 5) is 20.2. The van der Waals surface area contributed by atoms with Gasteiger partial charge in [0.25, 0.3) is 0 Å². The highest BCUT2D eigenvalue weighted by Crippen LogP contribution is 2.23. The number of nitrogens with one attached hydrogen (secondary N) is 4. The zero-order chi connectivity index (χ0) is 22.5. The molecule has 0 radical (unpaired) electrons. The van der Waals surface area contributed by atoms with Crippen LogP contribution >= 0.6 is 0 Å². The highest BCUT2D eigenvalue weighted by atomic mass is 19.4. The van der Waals surface area contributed by atoms with Gasteiger partial charge in [0.1, 0.15) is 17.8 Å². The molecule has 1 aliphatic heterocycles. The summed E-state index contributed by atoms with van der Waals surface area (Å²) in [6.45, 7) is -0.0488. The summed E-state index contributed by atoms with van der Waals surface area (Å²) in [6.07, 6.45) is -4.65. The molecule has 1 fully saturated rings. The number of likely N-dealkylation sites (tertiary alicyclic amines) is 1. The number of hydrogen-bond acceptors (Lipinski definition) is 5. The Morgan fingerprint density at radius 2 is 2.10 bits per heavy atom. The average molecular weight is 429 g/mol. The fourth-order valence-electron chi connectivity index (χ4n) is 3.11. The SMILES string of the molecule is N=CC(C(N)=O)C(=NC1CCN(C(=N)CCC(=N)C(F)(F)F)CC1F)c1ccc[nH]1. The Hall–Kier alpha value is -3.05. The molecule has 6 N–H and O–H groups in total. The fraction of sp³-hybridized carbons (Fsp3) is 0.500. The molecular formula is C18H23F4N7O. The minimum atomic E-state index is -4.73. The fourth-order valence-corrected chi connectivity index (χ4v) is 3.11. The summed E-state index contributed by atoms with van der Waals surface area (Å²) in [5.74, 6) is -2.12. The zero-order valence-corrected chi connectivity index (χ0v) is 16.0. The third kappa shape index (κ3) is 5.74. The molecule has 164 valence electrons. The van der Waals surface area contributed by atoms with Crippen molar-refractivity contribution in [2.24, 2.45) is 16.6 Å². The second-order valence-electron chi connectivity index (χ2n) is 6.89. The Morgan fingerprint density at radius 3 is 2.60 bits per heavy atom. The van der Waals surface area contributed by atoms with Crippen LogP contribution in [0.1, 0.15) is 25.0 Å². The molecule has 1 aromatic heterocycles. The predicted molar refractivity (Wildman–Crippen MR) is 104 cm³/mol. The third-order valence-electron chi connectivity index (χ3n) is 4.79. The molecule has 1 aliphatic rings. The molecule has 1 aromatic rings. The molecule has 30 heavy (non-hydrogen) atoms. The molecule has 12 heteroatoms. The standard InChI is InChI=1S/C18H23F4N7O/c19-11-9-29(15(25)4-3-14(24)18(20,21)22)7-5-12(11)28-16(10(8-23)17(26)30)13-2-1-6-27-13/h1-2,6,8,10-12,23-25,27H,3-5,7,9H2,(H2,26,30). The van der Waals surface area contributed by atoms with Crippen molar-refractivity contribution >= 4 is 29.4 Å². The zero-order valence-electron chi connectivity index (χ0n) is 16.0. The van der Waals surface area contributed by atoms with Gasteiger partial charge in [0.15, 0.2) is 0 Å². The van der Waals surface area contributed by atoms with Crippen LogP contribution in [0.15, 0.2) is 23.3 Å². The number of H-pyrrole nitrogens is 1. The van der Waals surface area contributed by atoms with E-state index < -0.39 is 42.3 Å². The second-order valence-corrected chi connectivity index (χ2v) is 6.89. The van der Waals surface area contributed by atoms with E-state index in [4.69, 9.17) is 22.0 Å². The van der Waals surface area contributed by atoms with E-state index in [1.54, 1.807) is 18.3 Å². The Morgan fingerprint density at radius 1 is 1.40 bits per heavy atom.